The van der Waals surface area contributed by atoms with E-state index in [0.29, 0.717) is 10.7 Å². The van der Waals surface area contributed by atoms with E-state index in [1.807, 2.05) is 56.6 Å². The fourth-order valence-corrected chi connectivity index (χ4v) is 8.58. The summed E-state index contributed by atoms with van der Waals surface area (Å²) >= 11 is 1.42. The van der Waals surface area contributed by atoms with Crippen LogP contribution in [0.3, 0.4) is 0 Å². The number of allylic oxidation sites excluding steroid dienone is 2. The van der Waals surface area contributed by atoms with Gasteiger partial charge in [0.25, 0.3) is 5.91 Å². The van der Waals surface area contributed by atoms with E-state index in [4.69, 9.17) is 9.97 Å². The zero-order valence-electron chi connectivity index (χ0n) is 31.3. The number of rotatable bonds is 10. The normalized spacial score (nSPS) is 21.4. The molecule has 1 aromatic carbocycles. The Bertz CT molecular complexity index is 1660. The third kappa shape index (κ3) is 9.53. The molecule has 2 aliphatic carbocycles. The van der Waals surface area contributed by atoms with E-state index >= 15 is 0 Å². The molecule has 0 bridgehead atoms. The third-order valence-electron chi connectivity index (χ3n) is 11.0. The van der Waals surface area contributed by atoms with Crippen molar-refractivity contribution >= 4 is 34.7 Å². The highest BCUT2D eigenvalue weighted by Crippen LogP contribution is 2.41. The molecule has 3 heterocycles. The summed E-state index contributed by atoms with van der Waals surface area (Å²) in [5.41, 5.74) is 4.12. The maximum Gasteiger partial charge on any atom is 0.310 e. The number of amides is 2. The summed E-state index contributed by atoms with van der Waals surface area (Å²) in [6.45, 7) is 12.9. The summed E-state index contributed by atoms with van der Waals surface area (Å²) < 4.78 is 0. The number of carboxylic acids is 1. The molecule has 2 aromatic heterocycles. The van der Waals surface area contributed by atoms with E-state index in [0.717, 1.165) is 52.2 Å². The van der Waals surface area contributed by atoms with Crippen LogP contribution in [-0.4, -0.2) is 56.9 Å². The molecule has 2 atom stereocenters. The van der Waals surface area contributed by atoms with E-state index in [-0.39, 0.29) is 36.7 Å². The predicted octanol–water partition coefficient (Wildman–Crippen LogP) is 8.81. The summed E-state index contributed by atoms with van der Waals surface area (Å²) in [5.74, 6) is 1.23. The minimum Gasteiger partial charge on any atom is -0.481 e. The smallest absolute Gasteiger partial charge is 0.310 e. The van der Waals surface area contributed by atoms with Gasteiger partial charge in [-0.1, -0.05) is 91.1 Å². The number of nitrogens with one attached hydrogen (secondary N) is 1. The predicted molar refractivity (Wildman–Crippen MR) is 206 cm³/mol. The molecule has 8 nitrogen and oxygen atoms in total. The average molecular weight is 713 g/mol. The van der Waals surface area contributed by atoms with Gasteiger partial charge in [-0.3, -0.25) is 14.4 Å². The standard InChI is InChI=1S/C40H50N4O4S.C2H6/c1-5-25-6-10-27(11-7-25)28-14-16-29(17-15-28)31-21-41-36(42-22-31)30-12-8-26(9-13-30)20-33(38(46)44-23-32(24-44)39(47)48)43-37(45)34-18-19-35(49-34)40(2,3)4;1-2/h8-9,12-13,16,18-19,21-22,25,27-28,32-33H,5-7,10-11,14-15,17,20,23-24H2,1-4H3,(H,43,45)(H,47,48);1-2H3/t25?,27?,28?,33-;/m0./s1. The van der Waals surface area contributed by atoms with Gasteiger partial charge in [0.2, 0.25) is 5.91 Å². The molecule has 0 radical (unpaired) electrons. The Morgan fingerprint density at radius 2 is 1.59 bits per heavy atom. The van der Waals surface area contributed by atoms with Gasteiger partial charge < -0.3 is 15.3 Å². The number of aliphatic carboxylic acids is 1. The van der Waals surface area contributed by atoms with Crippen molar-refractivity contribution in [3.05, 3.63) is 75.7 Å². The van der Waals surface area contributed by atoms with E-state index in [1.165, 1.54) is 60.3 Å². The second-order valence-electron chi connectivity index (χ2n) is 15.4. The Morgan fingerprint density at radius 1 is 0.922 bits per heavy atom. The van der Waals surface area contributed by atoms with Gasteiger partial charge in [-0.05, 0) is 78.5 Å². The largest absolute Gasteiger partial charge is 0.481 e. The Labute approximate surface area is 308 Å². The van der Waals surface area contributed by atoms with E-state index < -0.39 is 17.9 Å². The summed E-state index contributed by atoms with van der Waals surface area (Å²) in [7, 11) is 0. The first-order chi connectivity index (χ1) is 24.5. The van der Waals surface area contributed by atoms with E-state index in [9.17, 15) is 19.5 Å². The molecular weight excluding hydrogens is 657 g/mol. The number of benzene rings is 1. The lowest BCUT2D eigenvalue weighted by molar-refractivity contribution is -0.153. The Balaban J connectivity index is 0.00000248. The molecule has 6 rings (SSSR count). The van der Waals surface area contributed by atoms with Crippen molar-refractivity contribution in [2.24, 2.45) is 23.7 Å². The lowest BCUT2D eigenvalue weighted by Gasteiger charge is -2.38. The van der Waals surface area contributed by atoms with Crippen molar-refractivity contribution in [2.75, 3.05) is 13.1 Å². The molecule has 51 heavy (non-hydrogen) atoms. The van der Waals surface area contributed by atoms with Crippen LogP contribution in [0.15, 0.2) is 54.9 Å². The van der Waals surface area contributed by atoms with Crippen LogP contribution in [-0.2, 0) is 21.4 Å². The first kappa shape index (κ1) is 38.4. The zero-order valence-corrected chi connectivity index (χ0v) is 32.1. The summed E-state index contributed by atoms with van der Waals surface area (Å²) in [6, 6.07) is 10.7. The van der Waals surface area contributed by atoms with Gasteiger partial charge in [0.1, 0.15) is 6.04 Å². The first-order valence-corrected chi connectivity index (χ1v) is 19.8. The molecule has 1 saturated carbocycles. The molecule has 1 unspecified atom stereocenters. The van der Waals surface area contributed by atoms with Crippen molar-refractivity contribution < 1.29 is 19.5 Å². The molecule has 274 valence electrons. The van der Waals surface area contributed by atoms with Gasteiger partial charge in [0.15, 0.2) is 5.82 Å². The topological polar surface area (TPSA) is 112 Å². The molecule has 0 spiro atoms. The fraction of sp³-hybridized carbons (Fsp3) is 0.548. The first-order valence-electron chi connectivity index (χ1n) is 19.0. The van der Waals surface area contributed by atoms with Crippen LogP contribution in [0, 0.1) is 23.7 Å². The number of hydrogen-bond acceptors (Lipinski definition) is 6. The average Bonchev–Trinajstić information content (AvgIpc) is 3.64. The Morgan fingerprint density at radius 3 is 2.14 bits per heavy atom. The quantitative estimate of drug-likeness (QED) is 0.217. The number of likely N-dealkylation sites (tertiary alicyclic amines) is 1. The van der Waals surface area contributed by atoms with Crippen LogP contribution in [0.25, 0.3) is 17.0 Å². The van der Waals surface area contributed by atoms with Gasteiger partial charge in [-0.15, -0.1) is 11.3 Å². The highest BCUT2D eigenvalue weighted by Gasteiger charge is 2.39. The molecular formula is C42H56N4O4S. The Kier molecular flexibility index (Phi) is 12.9. The number of thiophene rings is 1. The van der Waals surface area contributed by atoms with Gasteiger partial charge in [-0.25, -0.2) is 9.97 Å². The van der Waals surface area contributed by atoms with Crippen molar-refractivity contribution in [1.82, 2.24) is 20.2 Å². The highest BCUT2D eigenvalue weighted by molar-refractivity contribution is 7.14. The maximum absolute atomic E-state index is 13.5. The SMILES string of the molecule is CC.CCC1CCC(C2CC=C(c3cnc(-c4ccc(C[C@H](NC(=O)c5ccc(C(C)(C)C)s5)C(=O)N5CC(C(=O)O)C5)cc4)nc3)CC2)CC1. The van der Waals surface area contributed by atoms with Crippen LogP contribution in [0.5, 0.6) is 0 Å². The van der Waals surface area contributed by atoms with Crippen LogP contribution < -0.4 is 5.32 Å². The molecule has 2 amide bonds. The number of carbonyl (C=O) groups is 3. The molecule has 2 N–H and O–H groups in total. The lowest BCUT2D eigenvalue weighted by atomic mass is 9.71. The van der Waals surface area contributed by atoms with E-state index in [1.54, 1.807) is 6.07 Å². The number of hydrogen-bond donors (Lipinski definition) is 2. The summed E-state index contributed by atoms with van der Waals surface area (Å²) in [5, 5.41) is 12.3. The zero-order chi connectivity index (χ0) is 36.7. The minimum absolute atomic E-state index is 0.0859. The van der Waals surface area contributed by atoms with Crippen molar-refractivity contribution in [1.29, 1.82) is 0 Å². The minimum atomic E-state index is -0.910. The fourth-order valence-electron chi connectivity index (χ4n) is 7.61. The number of aromatic nitrogens is 2. The van der Waals surface area contributed by atoms with E-state index in [2.05, 4.69) is 39.1 Å². The monoisotopic (exact) mass is 712 g/mol. The molecule has 1 saturated heterocycles. The van der Waals surface area contributed by atoms with Crippen LogP contribution >= 0.6 is 11.3 Å². The molecule has 2 fully saturated rings. The molecule has 3 aromatic rings. The van der Waals surface area contributed by atoms with Crippen molar-refractivity contribution in [2.45, 2.75) is 111 Å². The van der Waals surface area contributed by atoms with Crippen molar-refractivity contribution in [3.8, 4) is 11.4 Å². The number of carboxylic acid groups (broad SMARTS) is 1. The second-order valence-corrected chi connectivity index (χ2v) is 16.5. The molecule has 1 aliphatic heterocycles. The highest BCUT2D eigenvalue weighted by atomic mass is 32.1. The Hall–Kier alpha value is -3.85. The van der Waals surface area contributed by atoms with Gasteiger partial charge in [0.05, 0.1) is 10.8 Å². The lowest BCUT2D eigenvalue weighted by Crippen LogP contribution is -2.59. The van der Waals surface area contributed by atoms with Crippen LogP contribution in [0.2, 0.25) is 0 Å². The van der Waals surface area contributed by atoms with Crippen LogP contribution in [0.1, 0.15) is 119 Å². The summed E-state index contributed by atoms with van der Waals surface area (Å²) in [4.78, 5) is 50.7. The second kappa shape index (κ2) is 17.1. The van der Waals surface area contributed by atoms with Gasteiger partial charge in [0, 0.05) is 47.9 Å². The van der Waals surface area contributed by atoms with Gasteiger partial charge >= 0.3 is 5.97 Å². The molecule has 3 aliphatic rings. The maximum atomic E-state index is 13.5. The van der Waals surface area contributed by atoms with Crippen molar-refractivity contribution in [3.63, 3.8) is 0 Å². The third-order valence-corrected chi connectivity index (χ3v) is 12.5. The number of nitrogens with zero attached hydrogens (tertiary/aromatic N) is 3. The van der Waals surface area contributed by atoms with Crippen LogP contribution in [0.4, 0.5) is 0 Å². The summed E-state index contributed by atoms with van der Waals surface area (Å²) in [6.07, 6.45) is 17.0. The number of carbonyl (C=O) groups excluding carboxylic acids is 2. The molecule has 9 heteroatoms. The van der Waals surface area contributed by atoms with Gasteiger partial charge in [-0.2, -0.15) is 0 Å².